The van der Waals surface area contributed by atoms with Crippen molar-refractivity contribution in [2.45, 2.75) is 38.5 Å². The van der Waals surface area contributed by atoms with Crippen LogP contribution in [-0.4, -0.2) is 24.2 Å². The first-order valence-corrected chi connectivity index (χ1v) is 7.62. The molecule has 0 aromatic heterocycles. The van der Waals surface area contributed by atoms with Gasteiger partial charge in [0.1, 0.15) is 0 Å². The Balaban J connectivity index is 2.47. The van der Waals surface area contributed by atoms with Gasteiger partial charge in [-0.2, -0.15) is 0 Å². The lowest BCUT2D eigenvalue weighted by Gasteiger charge is -2.36. The molecule has 0 aromatic rings. The van der Waals surface area contributed by atoms with Gasteiger partial charge in [-0.1, -0.05) is 37.5 Å². The molecule has 2 saturated carbocycles. The second-order valence-electron chi connectivity index (χ2n) is 6.27. The number of methoxy groups -OCH3 is 1. The Hall–Kier alpha value is -1.58. The number of ether oxygens (including phenoxy) is 1. The van der Waals surface area contributed by atoms with Crippen molar-refractivity contribution >= 4 is 11.9 Å². The van der Waals surface area contributed by atoms with Crippen LogP contribution in [0.5, 0.6) is 0 Å². The third-order valence-corrected chi connectivity index (χ3v) is 5.29. The standard InChI is InChI=1S/C17H24O4/c1-4-12-10-17(15(18)19,16(20)21-3)14(11(12)2)13-8-6-5-7-9-13/h4,12-14H,1-2,5-10H2,3H3,(H,18,19)/t12-,14+,17+/m0/s1. The van der Waals surface area contributed by atoms with Gasteiger partial charge in [-0.25, -0.2) is 0 Å². The van der Waals surface area contributed by atoms with Crippen molar-refractivity contribution in [2.24, 2.45) is 23.2 Å². The summed E-state index contributed by atoms with van der Waals surface area (Å²) < 4.78 is 4.87. The SMILES string of the molecule is C=C[C@H]1C[C@@](C(=O)O)(C(=O)OC)[C@@H](C2CCCCC2)C1=C. The van der Waals surface area contributed by atoms with E-state index < -0.39 is 17.4 Å². The average molecular weight is 292 g/mol. The maximum atomic E-state index is 12.4. The molecule has 1 N–H and O–H groups in total. The number of aliphatic carboxylic acids is 1. The molecule has 2 rings (SSSR count). The highest BCUT2D eigenvalue weighted by molar-refractivity contribution is 6.00. The van der Waals surface area contributed by atoms with Gasteiger partial charge in [0.25, 0.3) is 0 Å². The van der Waals surface area contributed by atoms with Crippen LogP contribution in [-0.2, 0) is 14.3 Å². The summed E-state index contributed by atoms with van der Waals surface area (Å²) in [6.07, 6.45) is 7.20. The van der Waals surface area contributed by atoms with Crippen LogP contribution in [0.1, 0.15) is 38.5 Å². The van der Waals surface area contributed by atoms with E-state index >= 15 is 0 Å². The first-order valence-electron chi connectivity index (χ1n) is 7.62. The van der Waals surface area contributed by atoms with E-state index in [0.717, 1.165) is 31.3 Å². The zero-order valence-corrected chi connectivity index (χ0v) is 12.6. The van der Waals surface area contributed by atoms with Gasteiger partial charge in [-0.3, -0.25) is 9.59 Å². The average Bonchev–Trinajstić information content (AvgIpc) is 2.81. The lowest BCUT2D eigenvalue weighted by atomic mass is 9.66. The van der Waals surface area contributed by atoms with Crippen LogP contribution in [0.4, 0.5) is 0 Å². The van der Waals surface area contributed by atoms with Crippen molar-refractivity contribution in [3.05, 3.63) is 24.8 Å². The second-order valence-corrected chi connectivity index (χ2v) is 6.27. The quantitative estimate of drug-likeness (QED) is 0.491. The molecule has 0 aliphatic heterocycles. The number of carboxylic acids is 1. The molecule has 0 amide bonds. The van der Waals surface area contributed by atoms with Gasteiger partial charge in [0, 0.05) is 5.92 Å². The van der Waals surface area contributed by atoms with Crippen LogP contribution in [0, 0.1) is 23.2 Å². The zero-order valence-electron chi connectivity index (χ0n) is 12.6. The Morgan fingerprint density at radius 1 is 1.33 bits per heavy atom. The van der Waals surface area contributed by atoms with E-state index in [1.807, 2.05) is 0 Å². The molecule has 0 saturated heterocycles. The summed E-state index contributed by atoms with van der Waals surface area (Å²) in [7, 11) is 1.26. The molecule has 2 aliphatic carbocycles. The predicted molar refractivity (Wildman–Crippen MR) is 79.6 cm³/mol. The van der Waals surface area contributed by atoms with E-state index in [4.69, 9.17) is 4.74 Å². The van der Waals surface area contributed by atoms with Gasteiger partial charge in [-0.15, -0.1) is 6.58 Å². The van der Waals surface area contributed by atoms with Crippen LogP contribution in [0.2, 0.25) is 0 Å². The number of hydrogen-bond donors (Lipinski definition) is 1. The molecule has 4 nitrogen and oxygen atoms in total. The highest BCUT2D eigenvalue weighted by atomic mass is 16.5. The van der Waals surface area contributed by atoms with Crippen molar-refractivity contribution in [1.29, 1.82) is 0 Å². The zero-order chi connectivity index (χ0) is 15.6. The van der Waals surface area contributed by atoms with Crippen LogP contribution in [0.3, 0.4) is 0 Å². The maximum absolute atomic E-state index is 12.4. The topological polar surface area (TPSA) is 63.6 Å². The Kier molecular flexibility index (Phi) is 4.55. The van der Waals surface area contributed by atoms with Crippen molar-refractivity contribution < 1.29 is 19.4 Å². The van der Waals surface area contributed by atoms with Gasteiger partial charge in [0.2, 0.25) is 0 Å². The van der Waals surface area contributed by atoms with Gasteiger partial charge < -0.3 is 9.84 Å². The largest absolute Gasteiger partial charge is 0.480 e. The minimum atomic E-state index is -1.49. The summed E-state index contributed by atoms with van der Waals surface area (Å²) in [5.74, 6) is -2.00. The van der Waals surface area contributed by atoms with E-state index in [-0.39, 0.29) is 24.2 Å². The molecule has 2 aliphatic rings. The fraction of sp³-hybridized carbons (Fsp3) is 0.647. The monoisotopic (exact) mass is 292 g/mol. The number of carbonyl (C=O) groups is 2. The molecule has 3 atom stereocenters. The Bertz CT molecular complexity index is 461. The fourth-order valence-corrected chi connectivity index (χ4v) is 4.26. The third-order valence-electron chi connectivity index (χ3n) is 5.29. The number of allylic oxidation sites excluding steroid dienone is 2. The summed E-state index contributed by atoms with van der Waals surface area (Å²) in [4.78, 5) is 24.4. The van der Waals surface area contributed by atoms with Gasteiger partial charge in [0.15, 0.2) is 5.41 Å². The fourth-order valence-electron chi connectivity index (χ4n) is 4.26. The van der Waals surface area contributed by atoms with Crippen LogP contribution < -0.4 is 0 Å². The van der Waals surface area contributed by atoms with E-state index in [2.05, 4.69) is 13.2 Å². The van der Waals surface area contributed by atoms with E-state index in [0.29, 0.717) is 0 Å². The molecular formula is C17H24O4. The van der Waals surface area contributed by atoms with Gasteiger partial charge >= 0.3 is 11.9 Å². The maximum Gasteiger partial charge on any atom is 0.323 e. The molecule has 0 unspecified atom stereocenters. The Morgan fingerprint density at radius 2 is 1.95 bits per heavy atom. The molecule has 0 spiro atoms. The molecule has 116 valence electrons. The smallest absolute Gasteiger partial charge is 0.323 e. The minimum absolute atomic E-state index is 0.132. The molecule has 0 aromatic carbocycles. The van der Waals surface area contributed by atoms with E-state index in [1.54, 1.807) is 6.08 Å². The normalized spacial score (nSPS) is 33.7. The van der Waals surface area contributed by atoms with E-state index in [9.17, 15) is 14.7 Å². The summed E-state index contributed by atoms with van der Waals surface area (Å²) in [6.45, 7) is 7.89. The van der Waals surface area contributed by atoms with E-state index in [1.165, 1.54) is 13.5 Å². The lowest BCUT2D eigenvalue weighted by Crippen LogP contribution is -2.46. The Labute approximate surface area is 125 Å². The number of carboxylic acid groups (broad SMARTS) is 1. The summed E-state index contributed by atoms with van der Waals surface area (Å²) in [6, 6.07) is 0. The molecule has 21 heavy (non-hydrogen) atoms. The molecule has 0 heterocycles. The highest BCUT2D eigenvalue weighted by Crippen LogP contribution is 2.56. The van der Waals surface area contributed by atoms with Crippen molar-refractivity contribution in [2.75, 3.05) is 7.11 Å². The summed E-state index contributed by atoms with van der Waals surface area (Å²) in [5, 5.41) is 9.82. The van der Waals surface area contributed by atoms with Crippen LogP contribution in [0.15, 0.2) is 24.8 Å². The Morgan fingerprint density at radius 3 is 2.43 bits per heavy atom. The number of hydrogen-bond acceptors (Lipinski definition) is 3. The summed E-state index contributed by atoms with van der Waals surface area (Å²) in [5.41, 5.74) is -0.656. The molecular weight excluding hydrogens is 268 g/mol. The molecule has 4 heteroatoms. The minimum Gasteiger partial charge on any atom is -0.480 e. The van der Waals surface area contributed by atoms with Gasteiger partial charge in [0.05, 0.1) is 7.11 Å². The van der Waals surface area contributed by atoms with Crippen LogP contribution in [0.25, 0.3) is 0 Å². The number of carbonyl (C=O) groups excluding carboxylic acids is 1. The van der Waals surface area contributed by atoms with Crippen molar-refractivity contribution in [3.63, 3.8) is 0 Å². The molecule has 0 bridgehead atoms. The first kappa shape index (κ1) is 15.8. The molecule has 0 radical (unpaired) electrons. The number of rotatable bonds is 4. The van der Waals surface area contributed by atoms with Crippen LogP contribution >= 0.6 is 0 Å². The van der Waals surface area contributed by atoms with Crippen molar-refractivity contribution in [1.82, 2.24) is 0 Å². The van der Waals surface area contributed by atoms with Gasteiger partial charge in [-0.05, 0) is 31.1 Å². The predicted octanol–water partition coefficient (Wildman–Crippen LogP) is 3.19. The first-order chi connectivity index (χ1) is 9.98. The second kappa shape index (κ2) is 6.04. The highest BCUT2D eigenvalue weighted by Gasteiger charge is 2.62. The number of esters is 1. The van der Waals surface area contributed by atoms with Crippen molar-refractivity contribution in [3.8, 4) is 0 Å². The summed E-state index contributed by atoms with van der Waals surface area (Å²) >= 11 is 0. The lowest BCUT2D eigenvalue weighted by molar-refractivity contribution is -0.171. The third kappa shape index (κ3) is 2.41. The molecule has 2 fully saturated rings.